The molecule has 6 nitrogen and oxygen atoms in total. The first kappa shape index (κ1) is 21.1. The highest BCUT2D eigenvalue weighted by Crippen LogP contribution is 2.26. The molecule has 1 saturated carbocycles. The number of hydrogen-bond donors (Lipinski definition) is 2. The van der Waals surface area contributed by atoms with Gasteiger partial charge in [0.05, 0.1) is 13.1 Å². The van der Waals surface area contributed by atoms with Crippen LogP contribution in [0, 0.1) is 0 Å². The topological polar surface area (TPSA) is 60.0 Å². The number of carbonyl (C=O) groups excluding carboxylic acids is 1. The second-order valence-electron chi connectivity index (χ2n) is 7.41. The predicted octanol–water partition coefficient (Wildman–Crippen LogP) is 2.60. The van der Waals surface area contributed by atoms with E-state index in [2.05, 4.69) is 51.8 Å². The monoisotopic (exact) mass is 373 g/mol. The molecular formula is C21H35N5O. The summed E-state index contributed by atoms with van der Waals surface area (Å²) in [4.78, 5) is 20.3. The van der Waals surface area contributed by atoms with Crippen molar-refractivity contribution in [3.63, 3.8) is 0 Å². The highest BCUT2D eigenvalue weighted by Gasteiger charge is 2.18. The molecule has 2 rings (SSSR count). The van der Waals surface area contributed by atoms with Crippen molar-refractivity contribution in [2.45, 2.75) is 51.6 Å². The van der Waals surface area contributed by atoms with Crippen molar-refractivity contribution in [1.82, 2.24) is 15.5 Å². The minimum absolute atomic E-state index is 0.0238. The van der Waals surface area contributed by atoms with Crippen molar-refractivity contribution in [3.05, 3.63) is 29.8 Å². The molecule has 0 bridgehead atoms. The van der Waals surface area contributed by atoms with Crippen molar-refractivity contribution in [3.8, 4) is 0 Å². The lowest BCUT2D eigenvalue weighted by molar-refractivity contribution is -0.127. The van der Waals surface area contributed by atoms with Gasteiger partial charge < -0.3 is 20.4 Å². The quantitative estimate of drug-likeness (QED) is 0.570. The molecule has 1 aromatic rings. The maximum absolute atomic E-state index is 11.7. The van der Waals surface area contributed by atoms with Gasteiger partial charge in [0.1, 0.15) is 0 Å². The van der Waals surface area contributed by atoms with Gasteiger partial charge in [0.2, 0.25) is 5.91 Å². The molecule has 1 amide bonds. The van der Waals surface area contributed by atoms with Crippen LogP contribution in [0.3, 0.4) is 0 Å². The van der Waals surface area contributed by atoms with E-state index in [4.69, 9.17) is 0 Å². The summed E-state index contributed by atoms with van der Waals surface area (Å²) in [5.41, 5.74) is 2.43. The summed E-state index contributed by atoms with van der Waals surface area (Å²) in [6.45, 7) is 3.59. The highest BCUT2D eigenvalue weighted by atomic mass is 16.2. The van der Waals surface area contributed by atoms with Gasteiger partial charge in [-0.3, -0.25) is 4.79 Å². The van der Waals surface area contributed by atoms with Crippen LogP contribution in [0.1, 0.15) is 44.6 Å². The zero-order valence-electron chi connectivity index (χ0n) is 17.3. The van der Waals surface area contributed by atoms with Crippen molar-refractivity contribution < 1.29 is 4.79 Å². The Hall–Kier alpha value is -2.24. The molecule has 0 heterocycles. The van der Waals surface area contributed by atoms with E-state index in [0.717, 1.165) is 12.1 Å². The van der Waals surface area contributed by atoms with Crippen LogP contribution >= 0.6 is 0 Å². The molecule has 0 atom stereocenters. The number of amides is 1. The lowest BCUT2D eigenvalue weighted by Gasteiger charge is -2.33. The Bertz CT molecular complexity index is 606. The number of anilines is 1. The average molecular weight is 374 g/mol. The van der Waals surface area contributed by atoms with Crippen LogP contribution in [0.2, 0.25) is 0 Å². The van der Waals surface area contributed by atoms with Crippen LogP contribution < -0.4 is 15.5 Å². The van der Waals surface area contributed by atoms with Gasteiger partial charge in [-0.2, -0.15) is 0 Å². The van der Waals surface area contributed by atoms with Crippen LogP contribution in [0.25, 0.3) is 0 Å². The van der Waals surface area contributed by atoms with E-state index in [-0.39, 0.29) is 12.5 Å². The Kier molecular flexibility index (Phi) is 8.43. The average Bonchev–Trinajstić information content (AvgIpc) is 2.70. The summed E-state index contributed by atoms with van der Waals surface area (Å²) in [5.74, 6) is 0.687. The van der Waals surface area contributed by atoms with Crippen LogP contribution in [-0.4, -0.2) is 57.0 Å². The second-order valence-corrected chi connectivity index (χ2v) is 7.41. The SMILES string of the molecule is CCNC(=NCc1ccc(N(C)C2CCCCC2)cc1)NCC(=O)N(C)C. The van der Waals surface area contributed by atoms with E-state index in [0.29, 0.717) is 18.5 Å². The Morgan fingerprint density at radius 3 is 2.33 bits per heavy atom. The number of nitrogens with zero attached hydrogens (tertiary/aromatic N) is 3. The molecule has 0 unspecified atom stereocenters. The van der Waals surface area contributed by atoms with Gasteiger partial charge >= 0.3 is 0 Å². The minimum Gasteiger partial charge on any atom is -0.372 e. The van der Waals surface area contributed by atoms with Crippen LogP contribution in [0.4, 0.5) is 5.69 Å². The fourth-order valence-corrected chi connectivity index (χ4v) is 3.35. The summed E-state index contributed by atoms with van der Waals surface area (Å²) in [5, 5.41) is 6.26. The molecule has 2 N–H and O–H groups in total. The standard InChI is InChI=1S/C21H35N5O/c1-5-22-21(24-16-20(27)25(2)3)23-15-17-11-13-19(14-12-17)26(4)18-9-7-6-8-10-18/h11-14,18H,5-10,15-16H2,1-4H3,(H2,22,23,24). The molecule has 0 radical (unpaired) electrons. The zero-order chi connectivity index (χ0) is 19.6. The number of hydrogen-bond acceptors (Lipinski definition) is 3. The fourth-order valence-electron chi connectivity index (χ4n) is 3.35. The van der Waals surface area contributed by atoms with Gasteiger partial charge in [-0.25, -0.2) is 4.99 Å². The van der Waals surface area contributed by atoms with E-state index in [9.17, 15) is 4.79 Å². The molecule has 27 heavy (non-hydrogen) atoms. The number of nitrogens with one attached hydrogen (secondary N) is 2. The van der Waals surface area contributed by atoms with Gasteiger partial charge in [-0.1, -0.05) is 31.4 Å². The third-order valence-corrected chi connectivity index (χ3v) is 5.14. The summed E-state index contributed by atoms with van der Waals surface area (Å²) in [7, 11) is 5.71. The van der Waals surface area contributed by atoms with Crippen molar-refractivity contribution in [1.29, 1.82) is 0 Å². The number of likely N-dealkylation sites (N-methyl/N-ethyl adjacent to an activating group) is 1. The molecule has 1 aliphatic carbocycles. The second kappa shape index (κ2) is 10.8. The van der Waals surface area contributed by atoms with E-state index in [1.165, 1.54) is 37.8 Å². The molecular weight excluding hydrogens is 338 g/mol. The first-order valence-electron chi connectivity index (χ1n) is 10.1. The maximum Gasteiger partial charge on any atom is 0.241 e. The Balaban J connectivity index is 1.92. The first-order chi connectivity index (χ1) is 13.0. The lowest BCUT2D eigenvalue weighted by atomic mass is 9.94. The number of benzene rings is 1. The van der Waals surface area contributed by atoms with Crippen molar-refractivity contribution in [2.75, 3.05) is 39.1 Å². The van der Waals surface area contributed by atoms with Gasteiger partial charge in [-0.05, 0) is 37.5 Å². The van der Waals surface area contributed by atoms with Gasteiger partial charge in [0.25, 0.3) is 0 Å². The summed E-state index contributed by atoms with van der Waals surface area (Å²) in [6.07, 6.45) is 6.66. The predicted molar refractivity (Wildman–Crippen MR) is 113 cm³/mol. The summed E-state index contributed by atoms with van der Waals surface area (Å²) < 4.78 is 0. The summed E-state index contributed by atoms with van der Waals surface area (Å²) in [6, 6.07) is 9.34. The van der Waals surface area contributed by atoms with Crippen molar-refractivity contribution >= 4 is 17.6 Å². The van der Waals surface area contributed by atoms with E-state index < -0.39 is 0 Å². The minimum atomic E-state index is 0.0238. The van der Waals surface area contributed by atoms with E-state index in [1.807, 2.05) is 6.92 Å². The molecule has 150 valence electrons. The molecule has 6 heteroatoms. The Morgan fingerprint density at radius 2 is 1.74 bits per heavy atom. The van der Waals surface area contributed by atoms with Crippen LogP contribution in [0.15, 0.2) is 29.3 Å². The largest absolute Gasteiger partial charge is 0.372 e. The Labute approximate surface area is 164 Å². The smallest absolute Gasteiger partial charge is 0.241 e. The van der Waals surface area contributed by atoms with E-state index >= 15 is 0 Å². The van der Waals surface area contributed by atoms with Crippen LogP contribution in [-0.2, 0) is 11.3 Å². The van der Waals surface area contributed by atoms with Gasteiger partial charge in [0.15, 0.2) is 5.96 Å². The number of guanidine groups is 1. The molecule has 1 aromatic carbocycles. The lowest BCUT2D eigenvalue weighted by Crippen LogP contribution is -2.42. The van der Waals surface area contributed by atoms with Crippen molar-refractivity contribution in [2.24, 2.45) is 4.99 Å². The van der Waals surface area contributed by atoms with Gasteiger partial charge in [0, 0.05) is 39.4 Å². The fraction of sp³-hybridized carbons (Fsp3) is 0.619. The number of carbonyl (C=O) groups is 1. The molecule has 0 spiro atoms. The molecule has 1 fully saturated rings. The third-order valence-electron chi connectivity index (χ3n) is 5.14. The zero-order valence-corrected chi connectivity index (χ0v) is 17.3. The first-order valence-corrected chi connectivity index (χ1v) is 10.1. The molecule has 1 aliphatic rings. The third kappa shape index (κ3) is 6.77. The van der Waals surface area contributed by atoms with Gasteiger partial charge in [-0.15, -0.1) is 0 Å². The number of aliphatic imine (C=N–C) groups is 1. The molecule has 0 aliphatic heterocycles. The van der Waals surface area contributed by atoms with Crippen LogP contribution in [0.5, 0.6) is 0 Å². The maximum atomic E-state index is 11.7. The van der Waals surface area contributed by atoms with E-state index in [1.54, 1.807) is 19.0 Å². The number of rotatable bonds is 7. The highest BCUT2D eigenvalue weighted by molar-refractivity contribution is 5.86. The molecule has 0 aromatic heterocycles. The normalized spacial score (nSPS) is 15.3. The molecule has 0 saturated heterocycles. The summed E-state index contributed by atoms with van der Waals surface area (Å²) >= 11 is 0. The Morgan fingerprint density at radius 1 is 1.07 bits per heavy atom.